The lowest BCUT2D eigenvalue weighted by atomic mass is 10.1. The summed E-state index contributed by atoms with van der Waals surface area (Å²) in [5, 5.41) is 4.15. The summed E-state index contributed by atoms with van der Waals surface area (Å²) in [7, 11) is 0. The maximum Gasteiger partial charge on any atom is 0.159 e. The van der Waals surface area contributed by atoms with Crippen LogP contribution in [0.25, 0.3) is 11.0 Å². The SMILES string of the molecule is CC(=O)c1ccc(Nc2ncnc3[nH]ccc23)cc1. The van der Waals surface area contributed by atoms with Crippen molar-refractivity contribution >= 4 is 28.3 Å². The molecule has 2 aromatic heterocycles. The molecule has 3 aromatic rings. The first kappa shape index (κ1) is 11.4. The van der Waals surface area contributed by atoms with Crippen molar-refractivity contribution < 1.29 is 4.79 Å². The number of aromatic amines is 1. The predicted octanol–water partition coefficient (Wildman–Crippen LogP) is 2.90. The van der Waals surface area contributed by atoms with Crippen LogP contribution in [0.2, 0.25) is 0 Å². The normalized spacial score (nSPS) is 10.6. The molecular weight excluding hydrogens is 240 g/mol. The van der Waals surface area contributed by atoms with Crippen molar-refractivity contribution in [1.82, 2.24) is 15.0 Å². The molecule has 3 rings (SSSR count). The molecule has 19 heavy (non-hydrogen) atoms. The summed E-state index contributed by atoms with van der Waals surface area (Å²) in [5.74, 6) is 0.795. The topological polar surface area (TPSA) is 70.7 Å². The van der Waals surface area contributed by atoms with Crippen molar-refractivity contribution in [2.45, 2.75) is 6.92 Å². The third kappa shape index (κ3) is 2.18. The van der Waals surface area contributed by atoms with Gasteiger partial charge in [-0.2, -0.15) is 0 Å². The molecule has 0 unspecified atom stereocenters. The van der Waals surface area contributed by atoms with Gasteiger partial charge >= 0.3 is 0 Å². The smallest absolute Gasteiger partial charge is 0.159 e. The van der Waals surface area contributed by atoms with E-state index in [0.29, 0.717) is 5.56 Å². The second-order valence-corrected chi connectivity index (χ2v) is 4.22. The van der Waals surface area contributed by atoms with Crippen LogP contribution in [0, 0.1) is 0 Å². The third-order valence-electron chi connectivity index (χ3n) is 2.91. The molecule has 0 aliphatic carbocycles. The lowest BCUT2D eigenvalue weighted by molar-refractivity contribution is 0.101. The molecule has 5 nitrogen and oxygen atoms in total. The van der Waals surface area contributed by atoms with Gasteiger partial charge in [0.1, 0.15) is 17.8 Å². The molecule has 0 aliphatic rings. The number of rotatable bonds is 3. The first-order valence-electron chi connectivity index (χ1n) is 5.90. The first-order valence-corrected chi connectivity index (χ1v) is 5.90. The Bertz CT molecular complexity index is 731. The monoisotopic (exact) mass is 252 g/mol. The zero-order valence-electron chi connectivity index (χ0n) is 10.3. The predicted molar refractivity (Wildman–Crippen MR) is 73.6 cm³/mol. The molecular formula is C14H12N4O. The number of carbonyl (C=O) groups excluding carboxylic acids is 1. The van der Waals surface area contributed by atoms with Gasteiger partial charge in [-0.15, -0.1) is 0 Å². The van der Waals surface area contributed by atoms with Gasteiger partial charge in [0, 0.05) is 17.4 Å². The molecule has 0 atom stereocenters. The van der Waals surface area contributed by atoms with E-state index in [4.69, 9.17) is 0 Å². The van der Waals surface area contributed by atoms with E-state index in [2.05, 4.69) is 20.3 Å². The standard InChI is InChI=1S/C14H12N4O/c1-9(19)10-2-4-11(5-3-10)18-14-12-6-7-15-13(12)16-8-17-14/h2-8H,1H3,(H2,15,16,17,18). The van der Waals surface area contributed by atoms with Crippen LogP contribution in [-0.4, -0.2) is 20.7 Å². The maximum atomic E-state index is 11.2. The number of anilines is 2. The fourth-order valence-electron chi connectivity index (χ4n) is 1.90. The van der Waals surface area contributed by atoms with Gasteiger partial charge in [-0.25, -0.2) is 9.97 Å². The highest BCUT2D eigenvalue weighted by Gasteiger charge is 2.05. The molecule has 2 N–H and O–H groups in total. The third-order valence-corrected chi connectivity index (χ3v) is 2.91. The van der Waals surface area contributed by atoms with Gasteiger partial charge in [0.05, 0.1) is 5.39 Å². The molecule has 0 amide bonds. The Morgan fingerprint density at radius 2 is 1.95 bits per heavy atom. The minimum absolute atomic E-state index is 0.0570. The van der Waals surface area contributed by atoms with Gasteiger partial charge in [-0.1, -0.05) is 0 Å². The first-order chi connectivity index (χ1) is 9.24. The number of aromatic nitrogens is 3. The summed E-state index contributed by atoms with van der Waals surface area (Å²) in [6, 6.07) is 9.22. The molecule has 0 saturated heterocycles. The van der Waals surface area contributed by atoms with Crippen molar-refractivity contribution in [3.63, 3.8) is 0 Å². The fourth-order valence-corrected chi connectivity index (χ4v) is 1.90. The highest BCUT2D eigenvalue weighted by molar-refractivity contribution is 5.94. The molecule has 5 heteroatoms. The Balaban J connectivity index is 1.92. The lowest BCUT2D eigenvalue weighted by Crippen LogP contribution is -1.96. The van der Waals surface area contributed by atoms with Gasteiger partial charge in [-0.05, 0) is 37.3 Å². The average Bonchev–Trinajstić information content (AvgIpc) is 2.89. The summed E-state index contributed by atoms with van der Waals surface area (Å²) in [5.41, 5.74) is 2.36. The summed E-state index contributed by atoms with van der Waals surface area (Å²) in [6.07, 6.45) is 3.33. The number of benzene rings is 1. The Labute approximate surface area is 109 Å². The largest absolute Gasteiger partial charge is 0.346 e. The van der Waals surface area contributed by atoms with Crippen molar-refractivity contribution in [2.75, 3.05) is 5.32 Å². The van der Waals surface area contributed by atoms with Gasteiger partial charge in [0.25, 0.3) is 0 Å². The molecule has 0 aliphatic heterocycles. The van der Waals surface area contributed by atoms with Gasteiger partial charge < -0.3 is 10.3 Å². The molecule has 94 valence electrons. The average molecular weight is 252 g/mol. The minimum atomic E-state index is 0.0570. The summed E-state index contributed by atoms with van der Waals surface area (Å²) >= 11 is 0. The zero-order chi connectivity index (χ0) is 13.2. The fraction of sp³-hybridized carbons (Fsp3) is 0.0714. The number of nitrogens with zero attached hydrogens (tertiary/aromatic N) is 2. The number of hydrogen-bond donors (Lipinski definition) is 2. The van der Waals surface area contributed by atoms with E-state index in [1.165, 1.54) is 6.33 Å². The van der Waals surface area contributed by atoms with Crippen molar-refractivity contribution in [2.24, 2.45) is 0 Å². The van der Waals surface area contributed by atoms with Crippen molar-refractivity contribution in [3.8, 4) is 0 Å². The van der Waals surface area contributed by atoms with E-state index in [-0.39, 0.29) is 5.78 Å². The van der Waals surface area contributed by atoms with Crippen LogP contribution in [0.1, 0.15) is 17.3 Å². The van der Waals surface area contributed by atoms with E-state index < -0.39 is 0 Å². The van der Waals surface area contributed by atoms with Crippen LogP contribution in [0.5, 0.6) is 0 Å². The van der Waals surface area contributed by atoms with Crippen LogP contribution in [-0.2, 0) is 0 Å². The zero-order valence-corrected chi connectivity index (χ0v) is 10.3. The van der Waals surface area contributed by atoms with Crippen LogP contribution < -0.4 is 5.32 Å². The van der Waals surface area contributed by atoms with Gasteiger partial charge in [-0.3, -0.25) is 4.79 Å². The number of fused-ring (bicyclic) bond motifs is 1. The molecule has 0 fully saturated rings. The van der Waals surface area contributed by atoms with Crippen LogP contribution in [0.4, 0.5) is 11.5 Å². The summed E-state index contributed by atoms with van der Waals surface area (Å²) in [4.78, 5) is 22.6. The minimum Gasteiger partial charge on any atom is -0.346 e. The van der Waals surface area contributed by atoms with Crippen molar-refractivity contribution in [1.29, 1.82) is 0 Å². The van der Waals surface area contributed by atoms with E-state index in [9.17, 15) is 4.79 Å². The number of carbonyl (C=O) groups is 1. The molecule has 1 aromatic carbocycles. The highest BCUT2D eigenvalue weighted by atomic mass is 16.1. The number of H-pyrrole nitrogens is 1. The number of ketones is 1. The van der Waals surface area contributed by atoms with Gasteiger partial charge in [0.2, 0.25) is 0 Å². The Kier molecular flexibility index (Phi) is 2.72. The van der Waals surface area contributed by atoms with E-state index in [1.807, 2.05) is 24.4 Å². The molecule has 0 bridgehead atoms. The van der Waals surface area contributed by atoms with Crippen molar-refractivity contribution in [3.05, 3.63) is 48.4 Å². The Hall–Kier alpha value is -2.69. The second kappa shape index (κ2) is 4.53. The lowest BCUT2D eigenvalue weighted by Gasteiger charge is -2.06. The van der Waals surface area contributed by atoms with Crippen LogP contribution in [0.15, 0.2) is 42.9 Å². The van der Waals surface area contributed by atoms with E-state index >= 15 is 0 Å². The highest BCUT2D eigenvalue weighted by Crippen LogP contribution is 2.22. The molecule has 0 radical (unpaired) electrons. The van der Waals surface area contributed by atoms with Crippen LogP contribution >= 0.6 is 0 Å². The number of hydrogen-bond acceptors (Lipinski definition) is 4. The number of Topliss-reactive ketones (excluding diaryl/α,β-unsaturated/α-hetero) is 1. The second-order valence-electron chi connectivity index (χ2n) is 4.22. The van der Waals surface area contributed by atoms with E-state index in [0.717, 1.165) is 22.5 Å². The Morgan fingerprint density at radius 3 is 2.68 bits per heavy atom. The number of nitrogens with one attached hydrogen (secondary N) is 2. The summed E-state index contributed by atoms with van der Waals surface area (Å²) in [6.45, 7) is 1.55. The molecule has 0 saturated carbocycles. The maximum absolute atomic E-state index is 11.2. The van der Waals surface area contributed by atoms with Gasteiger partial charge in [0.15, 0.2) is 5.78 Å². The quantitative estimate of drug-likeness (QED) is 0.703. The molecule has 0 spiro atoms. The van der Waals surface area contributed by atoms with Crippen LogP contribution in [0.3, 0.4) is 0 Å². The summed E-state index contributed by atoms with van der Waals surface area (Å²) < 4.78 is 0. The van der Waals surface area contributed by atoms with E-state index in [1.54, 1.807) is 19.1 Å². The Morgan fingerprint density at radius 1 is 1.16 bits per heavy atom. The molecule has 2 heterocycles.